The van der Waals surface area contributed by atoms with Crippen molar-refractivity contribution in [3.05, 3.63) is 42.1 Å². The number of aromatic nitrogens is 2. The summed E-state index contributed by atoms with van der Waals surface area (Å²) < 4.78 is 32.0. The van der Waals surface area contributed by atoms with Crippen LogP contribution in [0, 0.1) is 17.6 Å². The molecular formula is C19H18F2N4OS. The van der Waals surface area contributed by atoms with Crippen LogP contribution >= 0.6 is 11.9 Å². The van der Waals surface area contributed by atoms with Crippen LogP contribution in [0.3, 0.4) is 0 Å². The van der Waals surface area contributed by atoms with E-state index in [4.69, 9.17) is 0 Å². The first kappa shape index (κ1) is 17.8. The van der Waals surface area contributed by atoms with Gasteiger partial charge in [0.25, 0.3) is 0 Å². The summed E-state index contributed by atoms with van der Waals surface area (Å²) in [7, 11) is 0. The van der Waals surface area contributed by atoms with Gasteiger partial charge in [0.1, 0.15) is 23.1 Å². The smallest absolute Gasteiger partial charge is 0.228 e. The van der Waals surface area contributed by atoms with E-state index in [1.54, 1.807) is 18.3 Å². The lowest BCUT2D eigenvalue weighted by molar-refractivity contribution is -0.117. The van der Waals surface area contributed by atoms with Gasteiger partial charge in [-0.2, -0.15) is 0 Å². The lowest BCUT2D eigenvalue weighted by Gasteiger charge is -2.12. The first-order valence-corrected chi connectivity index (χ1v) is 9.71. The van der Waals surface area contributed by atoms with Crippen molar-refractivity contribution < 1.29 is 13.6 Å². The van der Waals surface area contributed by atoms with E-state index in [0.29, 0.717) is 22.4 Å². The molecule has 27 heavy (non-hydrogen) atoms. The topological polar surface area (TPSA) is 69.8 Å². The molecule has 8 heteroatoms. The van der Waals surface area contributed by atoms with Gasteiger partial charge in [-0.15, -0.1) is 0 Å². The van der Waals surface area contributed by atoms with Crippen LogP contribution in [0.5, 0.6) is 0 Å². The standard InChI is InChI=1S/C19H18F2N4OS/c1-2-27-25-16-9-14(20)13(7-15(16)21)12-8-17(24-19(26)10-3-4-10)23-18-11(12)5-6-22-18/h5-10,25H,2-4H2,1H3,(H2,22,23,24,26). The Labute approximate surface area is 159 Å². The number of carbonyl (C=O) groups excluding carboxylic acids is 1. The van der Waals surface area contributed by atoms with Crippen molar-refractivity contribution in [2.24, 2.45) is 5.92 Å². The summed E-state index contributed by atoms with van der Waals surface area (Å²) in [4.78, 5) is 19.4. The zero-order valence-corrected chi connectivity index (χ0v) is 15.4. The highest BCUT2D eigenvalue weighted by Crippen LogP contribution is 2.35. The molecule has 0 bridgehead atoms. The Kier molecular flexibility index (Phi) is 4.73. The molecule has 1 aliphatic carbocycles. The van der Waals surface area contributed by atoms with Gasteiger partial charge >= 0.3 is 0 Å². The molecule has 1 fully saturated rings. The minimum absolute atomic E-state index is 0.0187. The fourth-order valence-electron chi connectivity index (χ4n) is 2.88. The number of amides is 1. The Hall–Kier alpha value is -2.61. The van der Waals surface area contributed by atoms with Gasteiger partial charge < -0.3 is 15.0 Å². The van der Waals surface area contributed by atoms with Crippen molar-refractivity contribution in [1.82, 2.24) is 9.97 Å². The molecule has 2 heterocycles. The van der Waals surface area contributed by atoms with Crippen molar-refractivity contribution in [1.29, 1.82) is 0 Å². The second kappa shape index (κ2) is 7.19. The largest absolute Gasteiger partial charge is 0.346 e. The minimum Gasteiger partial charge on any atom is -0.346 e. The number of aromatic amines is 1. The monoisotopic (exact) mass is 388 g/mol. The number of nitrogens with one attached hydrogen (secondary N) is 3. The van der Waals surface area contributed by atoms with Crippen molar-refractivity contribution in [2.45, 2.75) is 19.8 Å². The Balaban J connectivity index is 1.77. The van der Waals surface area contributed by atoms with E-state index in [-0.39, 0.29) is 23.1 Å². The van der Waals surface area contributed by atoms with Gasteiger partial charge in [0.2, 0.25) is 5.91 Å². The molecule has 5 nitrogen and oxygen atoms in total. The number of pyridine rings is 1. The summed E-state index contributed by atoms with van der Waals surface area (Å²) in [5.74, 6) is -0.130. The second-order valence-corrected chi connectivity index (χ2v) is 7.48. The lowest BCUT2D eigenvalue weighted by Crippen LogP contribution is -2.14. The molecule has 1 amide bonds. The number of anilines is 2. The zero-order valence-electron chi connectivity index (χ0n) is 14.6. The summed E-state index contributed by atoms with van der Waals surface area (Å²) >= 11 is 1.29. The Morgan fingerprint density at radius 3 is 2.81 bits per heavy atom. The van der Waals surface area contributed by atoms with Gasteiger partial charge in [-0.25, -0.2) is 13.8 Å². The number of halogens is 2. The second-order valence-electron chi connectivity index (χ2n) is 6.41. The Morgan fingerprint density at radius 1 is 1.26 bits per heavy atom. The molecule has 0 saturated heterocycles. The van der Waals surface area contributed by atoms with Gasteiger partial charge in [0.15, 0.2) is 0 Å². The van der Waals surface area contributed by atoms with E-state index < -0.39 is 11.6 Å². The lowest BCUT2D eigenvalue weighted by atomic mass is 10.0. The predicted molar refractivity (Wildman–Crippen MR) is 105 cm³/mol. The average molecular weight is 388 g/mol. The molecule has 0 aliphatic heterocycles. The molecule has 1 aliphatic rings. The van der Waals surface area contributed by atoms with E-state index in [2.05, 4.69) is 20.0 Å². The van der Waals surface area contributed by atoms with Gasteiger partial charge in [-0.3, -0.25) is 4.79 Å². The first-order chi connectivity index (χ1) is 13.1. The number of fused-ring (bicyclic) bond motifs is 1. The van der Waals surface area contributed by atoms with Crippen molar-refractivity contribution in [3.63, 3.8) is 0 Å². The summed E-state index contributed by atoms with van der Waals surface area (Å²) in [6, 6.07) is 5.65. The molecule has 4 rings (SSSR count). The number of benzene rings is 1. The highest BCUT2D eigenvalue weighted by molar-refractivity contribution is 8.00. The average Bonchev–Trinajstić information content (AvgIpc) is 3.40. The fourth-order valence-corrected chi connectivity index (χ4v) is 3.34. The van der Waals surface area contributed by atoms with Crippen LogP contribution in [0.4, 0.5) is 20.3 Å². The van der Waals surface area contributed by atoms with Crippen LogP contribution in [0.1, 0.15) is 19.8 Å². The van der Waals surface area contributed by atoms with Gasteiger partial charge in [0.05, 0.1) is 5.69 Å². The maximum absolute atomic E-state index is 14.8. The van der Waals surface area contributed by atoms with E-state index >= 15 is 0 Å². The molecule has 0 spiro atoms. The molecule has 0 atom stereocenters. The SMILES string of the molecule is CCSNc1cc(F)c(-c2cc(NC(=O)C3CC3)nc3[nH]ccc23)cc1F. The van der Waals surface area contributed by atoms with Gasteiger partial charge in [-0.1, -0.05) is 18.9 Å². The number of carbonyl (C=O) groups is 1. The molecule has 1 aromatic carbocycles. The summed E-state index contributed by atoms with van der Waals surface area (Å²) in [6.45, 7) is 1.91. The normalized spacial score (nSPS) is 13.7. The number of hydrogen-bond acceptors (Lipinski definition) is 4. The Bertz CT molecular complexity index is 1020. The summed E-state index contributed by atoms with van der Waals surface area (Å²) in [5.41, 5.74) is 1.19. The molecule has 1 saturated carbocycles. The van der Waals surface area contributed by atoms with E-state index in [9.17, 15) is 13.6 Å². The fraction of sp³-hybridized carbons (Fsp3) is 0.263. The van der Waals surface area contributed by atoms with Gasteiger partial charge in [0, 0.05) is 34.9 Å². The molecule has 0 radical (unpaired) electrons. The Morgan fingerprint density at radius 2 is 2.07 bits per heavy atom. The maximum atomic E-state index is 14.8. The molecule has 0 unspecified atom stereocenters. The van der Waals surface area contributed by atoms with Crippen LogP contribution in [0.2, 0.25) is 0 Å². The highest BCUT2D eigenvalue weighted by Gasteiger charge is 2.30. The van der Waals surface area contributed by atoms with Crippen LogP contribution < -0.4 is 10.0 Å². The van der Waals surface area contributed by atoms with Crippen molar-refractivity contribution in [3.8, 4) is 11.1 Å². The van der Waals surface area contributed by atoms with Crippen LogP contribution in [-0.4, -0.2) is 21.6 Å². The third-order valence-electron chi connectivity index (χ3n) is 4.40. The van der Waals surface area contributed by atoms with E-state index in [1.165, 1.54) is 18.0 Å². The van der Waals surface area contributed by atoms with Crippen LogP contribution in [0.25, 0.3) is 22.2 Å². The summed E-state index contributed by atoms with van der Waals surface area (Å²) in [6.07, 6.45) is 3.41. The van der Waals surface area contributed by atoms with Crippen molar-refractivity contribution in [2.75, 3.05) is 15.8 Å². The minimum atomic E-state index is -0.552. The first-order valence-electron chi connectivity index (χ1n) is 8.73. The molecule has 2 aromatic heterocycles. The van der Waals surface area contributed by atoms with E-state index in [1.807, 2.05) is 6.92 Å². The molecular weight excluding hydrogens is 370 g/mol. The third-order valence-corrected chi connectivity index (χ3v) is 5.05. The van der Waals surface area contributed by atoms with Crippen LogP contribution in [-0.2, 0) is 4.79 Å². The van der Waals surface area contributed by atoms with Crippen LogP contribution in [0.15, 0.2) is 30.5 Å². The quantitative estimate of drug-likeness (QED) is 0.523. The molecule has 3 N–H and O–H groups in total. The van der Waals surface area contributed by atoms with E-state index in [0.717, 1.165) is 24.7 Å². The maximum Gasteiger partial charge on any atom is 0.228 e. The molecule has 140 valence electrons. The summed E-state index contributed by atoms with van der Waals surface area (Å²) in [5, 5.41) is 3.42. The van der Waals surface area contributed by atoms with Gasteiger partial charge in [-0.05, 0) is 36.6 Å². The number of hydrogen-bond donors (Lipinski definition) is 3. The number of nitrogens with zero attached hydrogens (tertiary/aromatic N) is 1. The number of H-pyrrole nitrogens is 1. The third kappa shape index (κ3) is 3.62. The number of rotatable bonds is 6. The highest BCUT2D eigenvalue weighted by atomic mass is 32.2. The molecule has 3 aromatic rings. The predicted octanol–water partition coefficient (Wildman–Crippen LogP) is 4.94. The van der Waals surface area contributed by atoms with Crippen molar-refractivity contribution >= 4 is 40.4 Å². The zero-order chi connectivity index (χ0) is 19.0.